The van der Waals surface area contributed by atoms with Crippen LogP contribution in [0.2, 0.25) is 0 Å². The molecule has 0 aliphatic heterocycles. The summed E-state index contributed by atoms with van der Waals surface area (Å²) in [7, 11) is 0. The summed E-state index contributed by atoms with van der Waals surface area (Å²) in [6.07, 6.45) is 4.59. The number of benzene rings is 1. The lowest BCUT2D eigenvalue weighted by molar-refractivity contribution is 0.616. The molecule has 2 N–H and O–H groups in total. The van der Waals surface area contributed by atoms with Gasteiger partial charge in [0.05, 0.1) is 17.9 Å². The van der Waals surface area contributed by atoms with Crippen LogP contribution in [0.15, 0.2) is 55.0 Å². The van der Waals surface area contributed by atoms with E-state index >= 15 is 0 Å². The highest BCUT2D eigenvalue weighted by atomic mass is 19.1. The molecule has 21 heavy (non-hydrogen) atoms. The molecule has 1 unspecified atom stereocenters. The molecule has 4 nitrogen and oxygen atoms in total. The van der Waals surface area contributed by atoms with Crippen molar-refractivity contribution in [2.24, 2.45) is 0 Å². The lowest BCUT2D eigenvalue weighted by Gasteiger charge is -2.16. The lowest BCUT2D eigenvalue weighted by atomic mass is 10.1. The van der Waals surface area contributed by atoms with Gasteiger partial charge in [0.1, 0.15) is 5.82 Å². The number of H-pyrrole nitrogens is 1. The predicted molar refractivity (Wildman–Crippen MR) is 80.3 cm³/mol. The number of aromatic nitrogens is 3. The third kappa shape index (κ3) is 3.08. The van der Waals surface area contributed by atoms with Gasteiger partial charge < -0.3 is 5.32 Å². The summed E-state index contributed by atoms with van der Waals surface area (Å²) in [5.41, 5.74) is 3.77. The van der Waals surface area contributed by atoms with E-state index in [9.17, 15) is 4.39 Å². The first-order valence-electron chi connectivity index (χ1n) is 6.69. The molecule has 1 aromatic carbocycles. The predicted octanol–water partition coefficient (Wildman–Crippen LogP) is 3.78. The molecule has 0 amide bonds. The van der Waals surface area contributed by atoms with E-state index in [0.717, 1.165) is 22.5 Å². The van der Waals surface area contributed by atoms with Crippen molar-refractivity contribution in [1.82, 2.24) is 15.2 Å². The molecule has 0 spiro atoms. The number of pyridine rings is 1. The zero-order valence-corrected chi connectivity index (χ0v) is 11.5. The highest BCUT2D eigenvalue weighted by Crippen LogP contribution is 2.24. The van der Waals surface area contributed by atoms with Gasteiger partial charge in [-0.15, -0.1) is 0 Å². The van der Waals surface area contributed by atoms with E-state index in [2.05, 4.69) is 20.5 Å². The van der Waals surface area contributed by atoms with E-state index in [1.807, 2.05) is 37.3 Å². The first-order chi connectivity index (χ1) is 10.2. The van der Waals surface area contributed by atoms with Crippen molar-refractivity contribution in [1.29, 1.82) is 0 Å². The van der Waals surface area contributed by atoms with E-state index < -0.39 is 0 Å². The Hall–Kier alpha value is -2.69. The van der Waals surface area contributed by atoms with Gasteiger partial charge in [0.25, 0.3) is 0 Å². The molecule has 5 heteroatoms. The Morgan fingerprint density at radius 3 is 2.86 bits per heavy atom. The third-order valence-corrected chi connectivity index (χ3v) is 3.28. The highest BCUT2D eigenvalue weighted by molar-refractivity contribution is 5.64. The zero-order chi connectivity index (χ0) is 14.7. The summed E-state index contributed by atoms with van der Waals surface area (Å²) in [6.45, 7) is 1.97. The van der Waals surface area contributed by atoms with Crippen LogP contribution in [0.4, 0.5) is 10.1 Å². The molecule has 0 saturated heterocycles. The molecule has 2 aromatic heterocycles. The van der Waals surface area contributed by atoms with Gasteiger partial charge in [-0.1, -0.05) is 12.1 Å². The van der Waals surface area contributed by atoms with Crippen molar-refractivity contribution in [3.63, 3.8) is 0 Å². The van der Waals surface area contributed by atoms with Crippen LogP contribution >= 0.6 is 0 Å². The first-order valence-corrected chi connectivity index (χ1v) is 6.69. The molecule has 3 aromatic rings. The number of anilines is 1. The Morgan fingerprint density at radius 2 is 2.10 bits per heavy atom. The number of rotatable bonds is 4. The largest absolute Gasteiger partial charge is 0.378 e. The van der Waals surface area contributed by atoms with Crippen molar-refractivity contribution in [3.8, 4) is 11.3 Å². The second-order valence-electron chi connectivity index (χ2n) is 4.85. The third-order valence-electron chi connectivity index (χ3n) is 3.28. The van der Waals surface area contributed by atoms with Gasteiger partial charge in [-0.3, -0.25) is 10.1 Å². The Labute approximate surface area is 122 Å². The fraction of sp³-hybridized carbons (Fsp3) is 0.125. The van der Waals surface area contributed by atoms with Gasteiger partial charge in [-0.25, -0.2) is 4.39 Å². The van der Waals surface area contributed by atoms with E-state index in [1.54, 1.807) is 12.4 Å². The lowest BCUT2D eigenvalue weighted by Crippen LogP contribution is -2.07. The van der Waals surface area contributed by atoms with Crippen LogP contribution in [0.5, 0.6) is 0 Å². The monoisotopic (exact) mass is 282 g/mol. The number of aromatic amines is 1. The second kappa shape index (κ2) is 5.75. The van der Waals surface area contributed by atoms with E-state index in [1.165, 1.54) is 12.3 Å². The van der Waals surface area contributed by atoms with Gasteiger partial charge in [0, 0.05) is 23.6 Å². The average molecular weight is 282 g/mol. The minimum Gasteiger partial charge on any atom is -0.378 e. The molecular weight excluding hydrogens is 267 g/mol. The van der Waals surface area contributed by atoms with Crippen molar-refractivity contribution in [3.05, 3.63) is 66.4 Å². The summed E-state index contributed by atoms with van der Waals surface area (Å²) in [5, 5.41) is 10.2. The van der Waals surface area contributed by atoms with Gasteiger partial charge in [-0.2, -0.15) is 5.10 Å². The summed E-state index contributed by atoms with van der Waals surface area (Å²) < 4.78 is 13.2. The standard InChI is InChI=1S/C16H15FN4/c1-11(13-7-14(17)10-18-9-13)20-15-4-2-3-12(8-15)16-5-6-19-21-16/h2-11,20H,1H3,(H,19,21). The fourth-order valence-electron chi connectivity index (χ4n) is 2.19. The Kier molecular flexibility index (Phi) is 3.64. The van der Waals surface area contributed by atoms with Gasteiger partial charge in [0.2, 0.25) is 0 Å². The summed E-state index contributed by atoms with van der Waals surface area (Å²) in [6, 6.07) is 11.3. The molecule has 106 valence electrons. The Bertz CT molecular complexity index is 725. The Morgan fingerprint density at radius 1 is 1.19 bits per heavy atom. The maximum absolute atomic E-state index is 13.2. The molecular formula is C16H15FN4. The SMILES string of the molecule is CC(Nc1cccc(-c2ccn[nH]2)c1)c1cncc(F)c1. The van der Waals surface area contributed by atoms with Crippen LogP contribution in [-0.2, 0) is 0 Å². The van der Waals surface area contributed by atoms with Gasteiger partial charge in [0.15, 0.2) is 0 Å². The van der Waals surface area contributed by atoms with Crippen molar-refractivity contribution in [2.45, 2.75) is 13.0 Å². The van der Waals surface area contributed by atoms with Crippen LogP contribution in [0.3, 0.4) is 0 Å². The second-order valence-corrected chi connectivity index (χ2v) is 4.85. The Balaban J connectivity index is 1.80. The number of nitrogens with zero attached hydrogens (tertiary/aromatic N) is 2. The molecule has 0 fully saturated rings. The maximum Gasteiger partial charge on any atom is 0.141 e. The summed E-state index contributed by atoms with van der Waals surface area (Å²) >= 11 is 0. The maximum atomic E-state index is 13.2. The number of hydrogen-bond donors (Lipinski definition) is 2. The van der Waals surface area contributed by atoms with Crippen molar-refractivity contribution in [2.75, 3.05) is 5.32 Å². The molecule has 0 aliphatic carbocycles. The van der Waals surface area contributed by atoms with E-state index in [0.29, 0.717) is 0 Å². The summed E-state index contributed by atoms with van der Waals surface area (Å²) in [4.78, 5) is 3.88. The fourth-order valence-corrected chi connectivity index (χ4v) is 2.19. The normalized spacial score (nSPS) is 12.1. The molecule has 2 heterocycles. The molecule has 0 radical (unpaired) electrons. The molecule has 1 atom stereocenters. The van der Waals surface area contributed by atoms with E-state index in [4.69, 9.17) is 0 Å². The first kappa shape index (κ1) is 13.3. The van der Waals surface area contributed by atoms with Crippen molar-refractivity contribution >= 4 is 5.69 Å². The minimum atomic E-state index is -0.327. The summed E-state index contributed by atoms with van der Waals surface area (Å²) in [5.74, 6) is -0.327. The van der Waals surface area contributed by atoms with Gasteiger partial charge >= 0.3 is 0 Å². The van der Waals surface area contributed by atoms with Gasteiger partial charge in [-0.05, 0) is 36.8 Å². The topological polar surface area (TPSA) is 53.6 Å². The van der Waals surface area contributed by atoms with Crippen LogP contribution in [0.25, 0.3) is 11.3 Å². The van der Waals surface area contributed by atoms with Crippen LogP contribution < -0.4 is 5.32 Å². The van der Waals surface area contributed by atoms with E-state index in [-0.39, 0.29) is 11.9 Å². The van der Waals surface area contributed by atoms with Crippen molar-refractivity contribution < 1.29 is 4.39 Å². The molecule has 0 bridgehead atoms. The number of hydrogen-bond acceptors (Lipinski definition) is 3. The average Bonchev–Trinajstić information content (AvgIpc) is 3.02. The molecule has 0 aliphatic rings. The molecule has 3 rings (SSSR count). The van der Waals surface area contributed by atoms with Crippen LogP contribution in [-0.4, -0.2) is 15.2 Å². The molecule has 0 saturated carbocycles. The number of nitrogens with one attached hydrogen (secondary N) is 2. The zero-order valence-electron chi connectivity index (χ0n) is 11.5. The van der Waals surface area contributed by atoms with Crippen LogP contribution in [0, 0.1) is 5.82 Å². The number of halogens is 1. The van der Waals surface area contributed by atoms with Crippen LogP contribution in [0.1, 0.15) is 18.5 Å². The quantitative estimate of drug-likeness (QED) is 0.765. The smallest absolute Gasteiger partial charge is 0.141 e. The highest BCUT2D eigenvalue weighted by Gasteiger charge is 2.08. The minimum absolute atomic E-state index is 0.0368.